The highest BCUT2D eigenvalue weighted by Gasteiger charge is 2.04. The summed E-state index contributed by atoms with van der Waals surface area (Å²) in [7, 11) is 0. The fourth-order valence-electron chi connectivity index (χ4n) is 0.815. The zero-order valence-corrected chi connectivity index (χ0v) is 6.04. The lowest BCUT2D eigenvalue weighted by atomic mass is 10.2. The van der Waals surface area contributed by atoms with E-state index in [0.717, 1.165) is 11.4 Å². The quantitative estimate of drug-likeness (QED) is 0.548. The smallest absolute Gasteiger partial charge is 0.130 e. The van der Waals surface area contributed by atoms with E-state index in [2.05, 4.69) is 16.6 Å². The first-order chi connectivity index (χ1) is 4.88. The van der Waals surface area contributed by atoms with Crippen LogP contribution in [0.4, 0.5) is 0 Å². The molecule has 2 heteroatoms. The fraction of sp³-hybridized carbons (Fsp3) is 0.250. The van der Waals surface area contributed by atoms with E-state index in [1.807, 2.05) is 19.1 Å². The molecule has 1 aliphatic rings. The van der Waals surface area contributed by atoms with Crippen molar-refractivity contribution in [3.63, 3.8) is 0 Å². The molecule has 2 nitrogen and oxygen atoms in total. The van der Waals surface area contributed by atoms with E-state index < -0.39 is 0 Å². The van der Waals surface area contributed by atoms with Crippen molar-refractivity contribution in [3.05, 3.63) is 24.8 Å². The number of hydrogen-bond donors (Lipinski definition) is 0. The molecule has 0 spiro atoms. The number of aliphatic imine (C=N–C) groups is 2. The summed E-state index contributed by atoms with van der Waals surface area (Å²) >= 11 is 0. The molecule has 0 radical (unpaired) electrons. The lowest BCUT2D eigenvalue weighted by Gasteiger charge is -1.89. The third-order valence-corrected chi connectivity index (χ3v) is 1.26. The van der Waals surface area contributed by atoms with Crippen LogP contribution in [0.2, 0.25) is 0 Å². The highest BCUT2D eigenvalue weighted by molar-refractivity contribution is 6.51. The Kier molecular flexibility index (Phi) is 2.15. The van der Waals surface area contributed by atoms with Crippen molar-refractivity contribution >= 4 is 11.4 Å². The van der Waals surface area contributed by atoms with E-state index in [4.69, 9.17) is 0 Å². The third-order valence-electron chi connectivity index (χ3n) is 1.26. The Morgan fingerprint density at radius 2 is 2.10 bits per heavy atom. The molecule has 52 valence electrons. The average molecular weight is 134 g/mol. The first kappa shape index (κ1) is 6.93. The summed E-state index contributed by atoms with van der Waals surface area (Å²) in [5.74, 6) is 0. The molecule has 0 amide bonds. The Balaban J connectivity index is 2.78. The van der Waals surface area contributed by atoms with E-state index >= 15 is 0 Å². The second-order valence-electron chi connectivity index (χ2n) is 1.93. The normalized spacial score (nSPS) is 17.3. The molecule has 0 aromatic rings. The second-order valence-corrected chi connectivity index (χ2v) is 1.93. The molecule has 0 aliphatic carbocycles. The Morgan fingerprint density at radius 3 is 2.70 bits per heavy atom. The Hall–Kier alpha value is -1.18. The number of allylic oxidation sites excluding steroid dienone is 3. The van der Waals surface area contributed by atoms with Crippen molar-refractivity contribution in [1.29, 1.82) is 0 Å². The first-order valence-corrected chi connectivity index (χ1v) is 3.23. The molecular weight excluding hydrogens is 124 g/mol. The van der Waals surface area contributed by atoms with Gasteiger partial charge in [-0.2, -0.15) is 0 Å². The van der Waals surface area contributed by atoms with E-state index in [-0.39, 0.29) is 0 Å². The minimum atomic E-state index is 0.557. The molecule has 0 aromatic carbocycles. The molecule has 0 aromatic heterocycles. The highest BCUT2D eigenvalue weighted by atomic mass is 15.0. The van der Waals surface area contributed by atoms with Gasteiger partial charge in [0.25, 0.3) is 0 Å². The zero-order chi connectivity index (χ0) is 7.40. The van der Waals surface area contributed by atoms with Gasteiger partial charge in [0.05, 0.1) is 11.4 Å². The van der Waals surface area contributed by atoms with E-state index in [0.29, 0.717) is 6.67 Å². The zero-order valence-electron chi connectivity index (χ0n) is 6.04. The van der Waals surface area contributed by atoms with Gasteiger partial charge < -0.3 is 0 Å². The van der Waals surface area contributed by atoms with Gasteiger partial charge in [-0.1, -0.05) is 12.7 Å². The van der Waals surface area contributed by atoms with Crippen LogP contribution in [-0.4, -0.2) is 18.1 Å². The predicted molar refractivity (Wildman–Crippen MR) is 44.7 cm³/mol. The maximum atomic E-state index is 4.13. The largest absolute Gasteiger partial charge is 0.260 e. The van der Waals surface area contributed by atoms with Crippen LogP contribution < -0.4 is 0 Å². The van der Waals surface area contributed by atoms with Gasteiger partial charge in [0.2, 0.25) is 0 Å². The molecule has 0 unspecified atom stereocenters. The van der Waals surface area contributed by atoms with Crippen molar-refractivity contribution in [3.8, 4) is 0 Å². The van der Waals surface area contributed by atoms with Gasteiger partial charge in [-0.3, -0.25) is 9.98 Å². The number of rotatable bonds is 2. The van der Waals surface area contributed by atoms with Crippen LogP contribution in [0.15, 0.2) is 34.8 Å². The molecule has 1 heterocycles. The summed E-state index contributed by atoms with van der Waals surface area (Å²) in [6, 6.07) is 0. The molecular formula is C8H10N2. The maximum Gasteiger partial charge on any atom is 0.130 e. The minimum Gasteiger partial charge on any atom is -0.260 e. The molecule has 0 saturated carbocycles. The average Bonchev–Trinajstić information content (AvgIpc) is 2.36. The highest BCUT2D eigenvalue weighted by Crippen LogP contribution is 1.98. The summed E-state index contributed by atoms with van der Waals surface area (Å²) in [5.41, 5.74) is 1.84. The van der Waals surface area contributed by atoms with Gasteiger partial charge >= 0.3 is 0 Å². The van der Waals surface area contributed by atoms with Gasteiger partial charge in [-0.25, -0.2) is 0 Å². The summed E-state index contributed by atoms with van der Waals surface area (Å²) < 4.78 is 0. The van der Waals surface area contributed by atoms with Crippen molar-refractivity contribution in [2.75, 3.05) is 6.67 Å². The third kappa shape index (κ3) is 1.21. The topological polar surface area (TPSA) is 24.7 Å². The number of hydrogen-bond acceptors (Lipinski definition) is 2. The van der Waals surface area contributed by atoms with Gasteiger partial charge in [-0.05, 0) is 19.1 Å². The van der Waals surface area contributed by atoms with E-state index in [1.54, 1.807) is 6.08 Å². The molecule has 0 saturated heterocycles. The Morgan fingerprint density at radius 1 is 1.40 bits per heavy atom. The van der Waals surface area contributed by atoms with Gasteiger partial charge in [0.1, 0.15) is 6.67 Å². The summed E-state index contributed by atoms with van der Waals surface area (Å²) in [5, 5.41) is 0. The van der Waals surface area contributed by atoms with Crippen LogP contribution in [0.3, 0.4) is 0 Å². The second kappa shape index (κ2) is 3.11. The molecule has 10 heavy (non-hydrogen) atoms. The molecule has 0 N–H and O–H groups in total. The lowest BCUT2D eigenvalue weighted by molar-refractivity contribution is 1.10. The van der Waals surface area contributed by atoms with Crippen LogP contribution in [0.25, 0.3) is 0 Å². The van der Waals surface area contributed by atoms with Crippen LogP contribution in [0.5, 0.6) is 0 Å². The van der Waals surface area contributed by atoms with Crippen molar-refractivity contribution in [2.45, 2.75) is 6.92 Å². The molecule has 0 atom stereocenters. The predicted octanol–water partition coefficient (Wildman–Crippen LogP) is 1.60. The van der Waals surface area contributed by atoms with Crippen molar-refractivity contribution < 1.29 is 0 Å². The van der Waals surface area contributed by atoms with Gasteiger partial charge in [0.15, 0.2) is 0 Å². The lowest BCUT2D eigenvalue weighted by Crippen LogP contribution is -2.02. The first-order valence-electron chi connectivity index (χ1n) is 3.23. The van der Waals surface area contributed by atoms with E-state index in [9.17, 15) is 0 Å². The van der Waals surface area contributed by atoms with E-state index in [1.165, 1.54) is 0 Å². The number of nitrogens with zero attached hydrogens (tertiary/aromatic N) is 2. The maximum absolute atomic E-state index is 4.13. The summed E-state index contributed by atoms with van der Waals surface area (Å²) in [6.07, 6.45) is 5.61. The molecule has 0 bridgehead atoms. The van der Waals surface area contributed by atoms with Crippen molar-refractivity contribution in [2.24, 2.45) is 9.98 Å². The van der Waals surface area contributed by atoms with Crippen LogP contribution in [0.1, 0.15) is 6.92 Å². The SMILES string of the molecule is C=CC1=NCN=C1/C=C\C. The molecule has 1 aliphatic heterocycles. The van der Waals surface area contributed by atoms with Crippen LogP contribution in [0, 0.1) is 0 Å². The van der Waals surface area contributed by atoms with Crippen LogP contribution in [-0.2, 0) is 0 Å². The van der Waals surface area contributed by atoms with Gasteiger partial charge in [-0.15, -0.1) is 0 Å². The minimum absolute atomic E-state index is 0.557. The summed E-state index contributed by atoms with van der Waals surface area (Å²) in [6.45, 7) is 6.15. The van der Waals surface area contributed by atoms with Crippen LogP contribution >= 0.6 is 0 Å². The molecule has 1 rings (SSSR count). The Bertz CT molecular complexity index is 221. The van der Waals surface area contributed by atoms with Gasteiger partial charge in [0, 0.05) is 0 Å². The summed E-state index contributed by atoms with van der Waals surface area (Å²) in [4.78, 5) is 8.23. The Labute approximate surface area is 60.7 Å². The fourth-order valence-corrected chi connectivity index (χ4v) is 0.815. The van der Waals surface area contributed by atoms with Crippen molar-refractivity contribution in [1.82, 2.24) is 0 Å². The molecule has 0 fully saturated rings. The monoisotopic (exact) mass is 134 g/mol. The standard InChI is InChI=1S/C8H10N2/c1-3-5-8-7(4-2)9-6-10-8/h3-5H,2,6H2,1H3/b5-3-.